The summed E-state index contributed by atoms with van der Waals surface area (Å²) < 4.78 is 16.9. The van der Waals surface area contributed by atoms with Crippen molar-refractivity contribution in [3.05, 3.63) is 12.2 Å². The third-order valence-electron chi connectivity index (χ3n) is 6.98. The van der Waals surface area contributed by atoms with Crippen LogP contribution in [0.3, 0.4) is 0 Å². The molecule has 4 rings (SSSR count). The zero-order valence-corrected chi connectivity index (χ0v) is 15.5. The largest absolute Gasteiger partial charge is 0.462 e. The van der Waals surface area contributed by atoms with Gasteiger partial charge in [0.2, 0.25) is 0 Å². The van der Waals surface area contributed by atoms with Gasteiger partial charge in [0.05, 0.1) is 19.1 Å². The van der Waals surface area contributed by atoms with E-state index in [1.807, 2.05) is 7.05 Å². The van der Waals surface area contributed by atoms with E-state index in [2.05, 4.69) is 18.4 Å². The zero-order valence-electron chi connectivity index (χ0n) is 15.5. The van der Waals surface area contributed by atoms with Crippen LogP contribution in [0.4, 0.5) is 0 Å². The van der Waals surface area contributed by atoms with Gasteiger partial charge in [-0.05, 0) is 50.5 Å². The quantitative estimate of drug-likeness (QED) is 0.577. The number of rotatable bonds is 4. The standard InChI is InChI=1S/C20H31NO4/c1-13-5-4-6-20(2)10-17-14(9-16(13)20)15(19(22)25-17)11-21(3)12-18-23-7-8-24-18/h14-18H,1,4-12H2,2-3H3. The molecule has 0 amide bonds. The molecule has 2 saturated carbocycles. The number of carbonyl (C=O) groups is 1. The van der Waals surface area contributed by atoms with Gasteiger partial charge < -0.3 is 19.1 Å². The molecule has 0 bridgehead atoms. The first-order valence-electron chi connectivity index (χ1n) is 9.76. The second-order valence-corrected chi connectivity index (χ2v) is 8.80. The molecule has 0 aromatic carbocycles. The smallest absolute Gasteiger partial charge is 0.310 e. The Labute approximate surface area is 150 Å². The molecule has 0 spiro atoms. The molecule has 5 atom stereocenters. The maximum atomic E-state index is 12.6. The Hall–Kier alpha value is -0.910. The zero-order chi connectivity index (χ0) is 17.6. The van der Waals surface area contributed by atoms with Crippen LogP contribution in [-0.2, 0) is 19.0 Å². The molecule has 2 aliphatic heterocycles. The highest BCUT2D eigenvalue weighted by atomic mass is 16.7. The minimum atomic E-state index is -0.161. The van der Waals surface area contributed by atoms with E-state index >= 15 is 0 Å². The molecule has 140 valence electrons. The topological polar surface area (TPSA) is 48.0 Å². The van der Waals surface area contributed by atoms with E-state index in [-0.39, 0.29) is 29.7 Å². The van der Waals surface area contributed by atoms with Crippen molar-refractivity contribution < 1.29 is 19.0 Å². The Morgan fingerprint density at radius 1 is 1.28 bits per heavy atom. The van der Waals surface area contributed by atoms with Gasteiger partial charge in [0.25, 0.3) is 0 Å². The van der Waals surface area contributed by atoms with Crippen LogP contribution in [0.15, 0.2) is 12.2 Å². The second-order valence-electron chi connectivity index (χ2n) is 8.80. The highest BCUT2D eigenvalue weighted by Gasteiger charge is 2.55. The van der Waals surface area contributed by atoms with Crippen LogP contribution in [0.25, 0.3) is 0 Å². The normalized spacial score (nSPS) is 41.7. The van der Waals surface area contributed by atoms with E-state index in [1.165, 1.54) is 18.4 Å². The lowest BCUT2D eigenvalue weighted by Gasteiger charge is -2.50. The molecular weight excluding hydrogens is 318 g/mol. The molecule has 25 heavy (non-hydrogen) atoms. The number of ether oxygens (including phenoxy) is 3. The number of esters is 1. The first kappa shape index (κ1) is 17.5. The van der Waals surface area contributed by atoms with Crippen LogP contribution in [0, 0.1) is 23.2 Å². The molecule has 0 aromatic rings. The molecule has 5 nitrogen and oxygen atoms in total. The van der Waals surface area contributed by atoms with Crippen molar-refractivity contribution in [1.29, 1.82) is 0 Å². The monoisotopic (exact) mass is 349 g/mol. The lowest BCUT2D eigenvalue weighted by molar-refractivity contribution is -0.146. The van der Waals surface area contributed by atoms with E-state index in [4.69, 9.17) is 14.2 Å². The van der Waals surface area contributed by atoms with E-state index in [0.29, 0.717) is 31.6 Å². The predicted molar refractivity (Wildman–Crippen MR) is 93.9 cm³/mol. The SMILES string of the molecule is C=C1CCCC2(C)CC3OC(=O)C(CN(C)CC4OCCO4)C3CC12. The summed E-state index contributed by atoms with van der Waals surface area (Å²) in [4.78, 5) is 14.7. The van der Waals surface area contributed by atoms with Gasteiger partial charge in [0.1, 0.15) is 6.10 Å². The molecule has 2 heterocycles. The summed E-state index contributed by atoms with van der Waals surface area (Å²) in [6.07, 6.45) is 5.60. The molecule has 5 unspecified atom stereocenters. The third kappa shape index (κ3) is 3.26. The summed E-state index contributed by atoms with van der Waals surface area (Å²) in [7, 11) is 2.04. The summed E-state index contributed by atoms with van der Waals surface area (Å²) in [5, 5.41) is 0. The number of hydrogen-bond donors (Lipinski definition) is 0. The van der Waals surface area contributed by atoms with Gasteiger partial charge in [0.15, 0.2) is 6.29 Å². The summed E-state index contributed by atoms with van der Waals surface area (Å²) >= 11 is 0. The third-order valence-corrected chi connectivity index (χ3v) is 6.98. The minimum absolute atomic E-state index is 0.0111. The first-order chi connectivity index (χ1) is 12.0. The van der Waals surface area contributed by atoms with Gasteiger partial charge in [-0.2, -0.15) is 0 Å². The molecule has 0 aromatic heterocycles. The maximum absolute atomic E-state index is 12.6. The molecule has 5 heteroatoms. The highest BCUT2D eigenvalue weighted by molar-refractivity contribution is 5.75. The van der Waals surface area contributed by atoms with Crippen molar-refractivity contribution in [2.24, 2.45) is 23.2 Å². The molecule has 0 radical (unpaired) electrons. The summed E-state index contributed by atoms with van der Waals surface area (Å²) in [5.41, 5.74) is 1.66. The Bertz CT molecular complexity index is 544. The Kier molecular flexibility index (Phi) is 4.67. The van der Waals surface area contributed by atoms with Crippen LogP contribution in [0.2, 0.25) is 0 Å². The fourth-order valence-corrected chi connectivity index (χ4v) is 5.64. The van der Waals surface area contributed by atoms with Crippen molar-refractivity contribution in [1.82, 2.24) is 4.90 Å². The van der Waals surface area contributed by atoms with Crippen LogP contribution in [0.1, 0.15) is 39.0 Å². The highest BCUT2D eigenvalue weighted by Crippen LogP contribution is 2.56. The average molecular weight is 349 g/mol. The molecular formula is C20H31NO4. The van der Waals surface area contributed by atoms with Crippen LogP contribution in [-0.4, -0.2) is 56.6 Å². The van der Waals surface area contributed by atoms with Gasteiger partial charge in [-0.1, -0.05) is 19.1 Å². The number of nitrogens with zero attached hydrogens (tertiary/aromatic N) is 1. The van der Waals surface area contributed by atoms with Crippen molar-refractivity contribution in [3.63, 3.8) is 0 Å². The van der Waals surface area contributed by atoms with E-state index in [9.17, 15) is 4.79 Å². The predicted octanol–water partition coefficient (Wildman–Crippen LogP) is 2.61. The van der Waals surface area contributed by atoms with Crippen LogP contribution >= 0.6 is 0 Å². The number of likely N-dealkylation sites (N-methyl/N-ethyl adjacent to an activating group) is 1. The maximum Gasteiger partial charge on any atom is 0.310 e. The van der Waals surface area contributed by atoms with Crippen LogP contribution < -0.4 is 0 Å². The summed E-state index contributed by atoms with van der Waals surface area (Å²) in [5.74, 6) is 0.832. The summed E-state index contributed by atoms with van der Waals surface area (Å²) in [6.45, 7) is 9.49. The summed E-state index contributed by atoms with van der Waals surface area (Å²) in [6, 6.07) is 0. The molecule has 2 aliphatic carbocycles. The second kappa shape index (κ2) is 6.67. The minimum Gasteiger partial charge on any atom is -0.462 e. The van der Waals surface area contributed by atoms with E-state index < -0.39 is 0 Å². The molecule has 2 saturated heterocycles. The van der Waals surface area contributed by atoms with Gasteiger partial charge in [-0.25, -0.2) is 0 Å². The van der Waals surface area contributed by atoms with E-state index in [0.717, 1.165) is 25.8 Å². The number of fused-ring (bicyclic) bond motifs is 2. The van der Waals surface area contributed by atoms with Gasteiger partial charge >= 0.3 is 5.97 Å². The number of allylic oxidation sites excluding steroid dienone is 1. The number of carbonyl (C=O) groups excluding carboxylic acids is 1. The van der Waals surface area contributed by atoms with E-state index in [1.54, 1.807) is 0 Å². The van der Waals surface area contributed by atoms with Crippen molar-refractivity contribution in [2.45, 2.75) is 51.4 Å². The Morgan fingerprint density at radius 2 is 2.04 bits per heavy atom. The molecule has 0 N–H and O–H groups in total. The van der Waals surface area contributed by atoms with Gasteiger partial charge in [-0.3, -0.25) is 4.79 Å². The molecule has 4 aliphatic rings. The van der Waals surface area contributed by atoms with Gasteiger partial charge in [0, 0.05) is 19.0 Å². The van der Waals surface area contributed by atoms with Crippen molar-refractivity contribution in [2.75, 3.05) is 33.4 Å². The lowest BCUT2D eigenvalue weighted by Crippen LogP contribution is -2.45. The van der Waals surface area contributed by atoms with Crippen molar-refractivity contribution in [3.8, 4) is 0 Å². The number of hydrogen-bond acceptors (Lipinski definition) is 5. The fourth-order valence-electron chi connectivity index (χ4n) is 5.64. The lowest BCUT2D eigenvalue weighted by atomic mass is 9.55. The van der Waals surface area contributed by atoms with Gasteiger partial charge in [-0.15, -0.1) is 0 Å². The average Bonchev–Trinajstić information content (AvgIpc) is 3.14. The molecule has 4 fully saturated rings. The van der Waals surface area contributed by atoms with Crippen LogP contribution in [0.5, 0.6) is 0 Å². The first-order valence-corrected chi connectivity index (χ1v) is 9.76. The fraction of sp³-hybridized carbons (Fsp3) is 0.850. The Morgan fingerprint density at radius 3 is 2.80 bits per heavy atom. The van der Waals surface area contributed by atoms with Crippen molar-refractivity contribution >= 4 is 5.97 Å². The Balaban J connectivity index is 1.43.